The van der Waals surface area contributed by atoms with E-state index in [2.05, 4.69) is 20.9 Å². The van der Waals surface area contributed by atoms with Crippen molar-refractivity contribution in [2.75, 3.05) is 0 Å². The summed E-state index contributed by atoms with van der Waals surface area (Å²) in [6.45, 7) is 0. The topological polar surface area (TPSA) is 50.2 Å². The Balaban J connectivity index is 2.59. The number of halogens is 1. The van der Waals surface area contributed by atoms with Gasteiger partial charge in [-0.05, 0) is 39.7 Å². The first-order valence-electron chi connectivity index (χ1n) is 4.60. The molecule has 80 valence electrons. The highest BCUT2D eigenvalue weighted by atomic mass is 79.9. The fraction of sp³-hybridized carbons (Fsp3) is 0. The van der Waals surface area contributed by atoms with E-state index in [4.69, 9.17) is 0 Å². The molecule has 1 aromatic carbocycles. The van der Waals surface area contributed by atoms with Crippen molar-refractivity contribution >= 4 is 22.2 Å². The van der Waals surface area contributed by atoms with Gasteiger partial charge in [-0.2, -0.15) is 0 Å². The number of nitrogens with zero attached hydrogens (tertiary/aromatic N) is 1. The molecule has 0 amide bonds. The van der Waals surface area contributed by atoms with Crippen LogP contribution in [0.3, 0.4) is 0 Å². The Morgan fingerprint density at radius 1 is 1.31 bits per heavy atom. The van der Waals surface area contributed by atoms with E-state index in [0.29, 0.717) is 10.8 Å². The molecule has 0 saturated heterocycles. The van der Waals surface area contributed by atoms with Gasteiger partial charge in [-0.25, -0.2) is 0 Å². The summed E-state index contributed by atoms with van der Waals surface area (Å²) < 4.78 is 0.496. The maximum atomic E-state index is 10.8. The van der Waals surface area contributed by atoms with Crippen molar-refractivity contribution in [1.29, 1.82) is 0 Å². The molecule has 3 nitrogen and oxygen atoms in total. The largest absolute Gasteiger partial charge is 0.506 e. The maximum Gasteiger partial charge on any atom is 0.153 e. The number of aldehydes is 1. The van der Waals surface area contributed by atoms with Gasteiger partial charge < -0.3 is 5.11 Å². The lowest BCUT2D eigenvalue weighted by Crippen LogP contribution is -1.86. The summed E-state index contributed by atoms with van der Waals surface area (Å²) in [7, 11) is 0. The van der Waals surface area contributed by atoms with Crippen LogP contribution in [-0.4, -0.2) is 16.4 Å². The number of hydrogen-bond donors (Lipinski definition) is 1. The van der Waals surface area contributed by atoms with Gasteiger partial charge in [0.1, 0.15) is 5.75 Å². The molecule has 0 aliphatic carbocycles. The summed E-state index contributed by atoms with van der Waals surface area (Å²) in [4.78, 5) is 14.8. The molecule has 0 aliphatic heterocycles. The molecule has 0 saturated carbocycles. The number of aromatic nitrogens is 1. The molecule has 1 aromatic heterocycles. The third-order valence-electron chi connectivity index (χ3n) is 2.21. The van der Waals surface area contributed by atoms with Gasteiger partial charge in [-0.15, -0.1) is 0 Å². The molecule has 1 N–H and O–H groups in total. The van der Waals surface area contributed by atoms with E-state index in [9.17, 15) is 9.90 Å². The monoisotopic (exact) mass is 277 g/mol. The van der Waals surface area contributed by atoms with Crippen molar-refractivity contribution in [1.82, 2.24) is 4.98 Å². The van der Waals surface area contributed by atoms with E-state index >= 15 is 0 Å². The number of phenolic OH excluding ortho intramolecular Hbond substituents is 1. The first-order valence-corrected chi connectivity index (χ1v) is 5.40. The highest BCUT2D eigenvalue weighted by Crippen LogP contribution is 2.32. The average molecular weight is 278 g/mol. The minimum absolute atomic E-state index is 0.0392. The van der Waals surface area contributed by atoms with Crippen LogP contribution in [0.25, 0.3) is 11.1 Å². The van der Waals surface area contributed by atoms with Crippen LogP contribution in [-0.2, 0) is 0 Å². The van der Waals surface area contributed by atoms with Crippen LogP contribution < -0.4 is 0 Å². The van der Waals surface area contributed by atoms with Gasteiger partial charge in [0, 0.05) is 18.0 Å². The predicted molar refractivity (Wildman–Crippen MR) is 64.4 cm³/mol. The number of hydrogen-bond acceptors (Lipinski definition) is 3. The molecule has 0 atom stereocenters. The van der Waals surface area contributed by atoms with E-state index in [0.717, 1.165) is 11.1 Å². The lowest BCUT2D eigenvalue weighted by atomic mass is 10.0. The minimum Gasteiger partial charge on any atom is -0.506 e. The van der Waals surface area contributed by atoms with Gasteiger partial charge >= 0.3 is 0 Å². The number of rotatable bonds is 2. The van der Waals surface area contributed by atoms with Crippen LogP contribution in [0.2, 0.25) is 0 Å². The predicted octanol–water partition coefficient (Wildman–Crippen LogP) is 3.03. The highest BCUT2D eigenvalue weighted by molar-refractivity contribution is 9.10. The molecular weight excluding hydrogens is 270 g/mol. The summed E-state index contributed by atoms with van der Waals surface area (Å²) in [5.41, 5.74) is 1.99. The van der Waals surface area contributed by atoms with Crippen LogP contribution in [0.5, 0.6) is 5.75 Å². The van der Waals surface area contributed by atoms with Crippen molar-refractivity contribution in [2.45, 2.75) is 0 Å². The third kappa shape index (κ3) is 1.97. The Morgan fingerprint density at radius 2 is 2.12 bits per heavy atom. The van der Waals surface area contributed by atoms with E-state index < -0.39 is 0 Å². The van der Waals surface area contributed by atoms with Crippen LogP contribution >= 0.6 is 15.9 Å². The Hall–Kier alpha value is -1.68. The summed E-state index contributed by atoms with van der Waals surface area (Å²) >= 11 is 3.21. The number of aromatic hydroxyl groups is 1. The molecule has 0 spiro atoms. The number of phenols is 1. The second-order valence-corrected chi connectivity index (χ2v) is 4.11. The van der Waals surface area contributed by atoms with Crippen LogP contribution in [0, 0.1) is 0 Å². The number of pyridine rings is 1. The molecule has 2 aromatic rings. The standard InChI is InChI=1S/C12H8BrNO2/c13-11-5-9(4-10(7-15)12(11)16)8-2-1-3-14-6-8/h1-7,16H. The Bertz CT molecular complexity index is 526. The Morgan fingerprint density at radius 3 is 2.75 bits per heavy atom. The zero-order chi connectivity index (χ0) is 11.5. The molecule has 4 heteroatoms. The molecule has 2 rings (SSSR count). The number of carbonyl (C=O) groups is 1. The molecule has 0 fully saturated rings. The van der Waals surface area contributed by atoms with Crippen LogP contribution in [0.15, 0.2) is 41.1 Å². The van der Waals surface area contributed by atoms with Crippen molar-refractivity contribution in [3.63, 3.8) is 0 Å². The number of carbonyl (C=O) groups excluding carboxylic acids is 1. The normalized spacial score (nSPS) is 10.1. The molecule has 0 radical (unpaired) electrons. The summed E-state index contributed by atoms with van der Waals surface area (Å²) in [6.07, 6.45) is 4.01. The first kappa shape index (κ1) is 10.8. The second-order valence-electron chi connectivity index (χ2n) is 3.26. The van der Waals surface area contributed by atoms with Gasteiger partial charge in [0.25, 0.3) is 0 Å². The molecule has 0 aliphatic rings. The third-order valence-corrected chi connectivity index (χ3v) is 2.82. The lowest BCUT2D eigenvalue weighted by Gasteiger charge is -2.05. The summed E-state index contributed by atoms with van der Waals surface area (Å²) in [6, 6.07) is 7.08. The van der Waals surface area contributed by atoms with E-state index in [1.54, 1.807) is 24.5 Å². The minimum atomic E-state index is -0.0392. The van der Waals surface area contributed by atoms with Gasteiger partial charge in [-0.3, -0.25) is 9.78 Å². The maximum absolute atomic E-state index is 10.8. The molecule has 0 bridgehead atoms. The van der Waals surface area contributed by atoms with Crippen molar-refractivity contribution in [3.05, 3.63) is 46.7 Å². The van der Waals surface area contributed by atoms with Gasteiger partial charge in [0.15, 0.2) is 6.29 Å². The lowest BCUT2D eigenvalue weighted by molar-refractivity contribution is 0.112. The molecule has 16 heavy (non-hydrogen) atoms. The second kappa shape index (κ2) is 4.45. The van der Waals surface area contributed by atoms with Crippen molar-refractivity contribution < 1.29 is 9.90 Å². The van der Waals surface area contributed by atoms with E-state index in [-0.39, 0.29) is 11.3 Å². The molecule has 1 heterocycles. The quantitative estimate of drug-likeness (QED) is 0.859. The number of benzene rings is 1. The average Bonchev–Trinajstić information content (AvgIpc) is 2.33. The Kier molecular flexibility index (Phi) is 3.01. The zero-order valence-corrected chi connectivity index (χ0v) is 9.81. The van der Waals surface area contributed by atoms with Crippen LogP contribution in [0.4, 0.5) is 0 Å². The van der Waals surface area contributed by atoms with E-state index in [1.807, 2.05) is 12.1 Å². The van der Waals surface area contributed by atoms with Crippen LogP contribution in [0.1, 0.15) is 10.4 Å². The van der Waals surface area contributed by atoms with Crippen molar-refractivity contribution in [2.24, 2.45) is 0 Å². The fourth-order valence-corrected chi connectivity index (χ4v) is 1.89. The molecule has 0 unspecified atom stereocenters. The van der Waals surface area contributed by atoms with Gasteiger partial charge in [0.2, 0.25) is 0 Å². The van der Waals surface area contributed by atoms with Gasteiger partial charge in [-0.1, -0.05) is 6.07 Å². The Labute approximate surface area is 101 Å². The highest BCUT2D eigenvalue weighted by Gasteiger charge is 2.08. The summed E-state index contributed by atoms with van der Waals surface area (Å²) in [5.74, 6) is -0.0392. The first-order chi connectivity index (χ1) is 7.72. The molecular formula is C12H8BrNO2. The van der Waals surface area contributed by atoms with E-state index in [1.165, 1.54) is 0 Å². The fourth-order valence-electron chi connectivity index (χ4n) is 1.41. The van der Waals surface area contributed by atoms with Crippen molar-refractivity contribution in [3.8, 4) is 16.9 Å². The van der Waals surface area contributed by atoms with Gasteiger partial charge in [0.05, 0.1) is 10.0 Å². The smallest absolute Gasteiger partial charge is 0.153 e. The summed E-state index contributed by atoms with van der Waals surface area (Å²) in [5, 5.41) is 9.58. The zero-order valence-electron chi connectivity index (χ0n) is 8.22. The SMILES string of the molecule is O=Cc1cc(-c2cccnc2)cc(Br)c1O.